The van der Waals surface area contributed by atoms with Crippen molar-refractivity contribution in [2.45, 2.75) is 159 Å². The molecule has 4 unspecified atom stereocenters. The molecule has 0 aromatic heterocycles. The van der Waals surface area contributed by atoms with E-state index in [4.69, 9.17) is 18.5 Å². The number of hydrogen-bond donors (Lipinski definition) is 7. The van der Waals surface area contributed by atoms with Gasteiger partial charge in [-0.05, 0) is 83.5 Å². The van der Waals surface area contributed by atoms with Crippen LogP contribution in [-0.2, 0) is 32.7 Å². The summed E-state index contributed by atoms with van der Waals surface area (Å²) in [6.45, 7) is 2.81. The molecule has 0 saturated heterocycles. The first-order valence-corrected chi connectivity index (χ1v) is 24.6. The minimum atomic E-state index is -5.17. The monoisotopic (exact) mass is 945 g/mol. The fourth-order valence-corrected chi connectivity index (χ4v) is 6.87. The zero-order chi connectivity index (χ0) is 48.7. The Morgan fingerprint density at radius 3 is 1.53 bits per heavy atom. The zero-order valence-corrected chi connectivity index (χ0v) is 39.7. The van der Waals surface area contributed by atoms with E-state index in [9.17, 15) is 49.7 Å². The summed E-state index contributed by atoms with van der Waals surface area (Å²) >= 11 is 0. The number of aliphatic hydroxyl groups excluding tert-OH is 6. The molecule has 14 nitrogen and oxygen atoms in total. The van der Waals surface area contributed by atoms with Crippen LogP contribution < -0.4 is 0 Å². The first-order valence-electron chi connectivity index (χ1n) is 23.1. The molecule has 0 bridgehead atoms. The smallest absolute Gasteiger partial charge is 0.462 e. The fraction of sp³-hybridized carbons (Fsp3) is 0.529. The summed E-state index contributed by atoms with van der Waals surface area (Å²) in [6, 6.07) is 0. The number of aliphatic hydroxyl groups is 6. The number of rotatable bonds is 35. The second kappa shape index (κ2) is 39.0. The normalized spacial score (nSPS) is 23.0. The van der Waals surface area contributed by atoms with Crippen LogP contribution >= 0.6 is 7.82 Å². The maximum Gasteiger partial charge on any atom is 0.472 e. The SMILES string of the molecule is CC/C=C\C/C=C\C/C=C\C/C=C\C/C=C\C/C=C\CCC(=O)O[C@H](COC(=O)CCC/C=C\C/C=C\C/C=C\C=C\CC(O)/C=C\CC)COP(=O)(O)OC1[C@H](O)[C@H](O)C(O)[C@H](O)[C@H]1O. The number of carbonyl (C=O) groups is 2. The van der Waals surface area contributed by atoms with E-state index in [1.54, 1.807) is 6.08 Å². The Bertz CT molecular complexity index is 1670. The van der Waals surface area contributed by atoms with Gasteiger partial charge in [-0.15, -0.1) is 0 Å². The molecule has 15 heteroatoms. The molecule has 7 N–H and O–H groups in total. The Morgan fingerprint density at radius 2 is 1.00 bits per heavy atom. The highest BCUT2D eigenvalue weighted by Crippen LogP contribution is 2.47. The molecule has 0 amide bonds. The quantitative estimate of drug-likeness (QED) is 0.0105. The van der Waals surface area contributed by atoms with Crippen molar-refractivity contribution in [2.24, 2.45) is 0 Å². The minimum absolute atomic E-state index is 0.0458. The average Bonchev–Trinajstić information content (AvgIpc) is 3.30. The van der Waals surface area contributed by atoms with Crippen LogP contribution in [0, 0.1) is 0 Å². The van der Waals surface area contributed by atoms with E-state index in [1.807, 2.05) is 85.9 Å². The van der Waals surface area contributed by atoms with Gasteiger partial charge >= 0.3 is 19.8 Å². The van der Waals surface area contributed by atoms with Gasteiger partial charge in [-0.25, -0.2) is 4.57 Å². The van der Waals surface area contributed by atoms with Crippen molar-refractivity contribution < 1.29 is 68.2 Å². The fourth-order valence-electron chi connectivity index (χ4n) is 5.90. The summed E-state index contributed by atoms with van der Waals surface area (Å²) in [7, 11) is -5.17. The van der Waals surface area contributed by atoms with Crippen LogP contribution in [0.2, 0.25) is 0 Å². The van der Waals surface area contributed by atoms with Crippen LogP contribution in [-0.4, -0.2) is 110 Å². The van der Waals surface area contributed by atoms with Gasteiger partial charge in [0.05, 0.1) is 12.7 Å². The van der Waals surface area contributed by atoms with Crippen molar-refractivity contribution >= 4 is 19.8 Å². The summed E-state index contributed by atoms with van der Waals surface area (Å²) in [5.74, 6) is -1.31. The molecule has 1 aliphatic rings. The van der Waals surface area contributed by atoms with E-state index in [2.05, 4.69) is 55.5 Å². The lowest BCUT2D eigenvalue weighted by atomic mass is 9.85. The predicted octanol–water partition coefficient (Wildman–Crippen LogP) is 8.13. The molecular weight excluding hydrogens is 868 g/mol. The molecule has 9 atom stereocenters. The largest absolute Gasteiger partial charge is 0.472 e. The Hall–Kier alpha value is -4.05. The summed E-state index contributed by atoms with van der Waals surface area (Å²) in [5, 5.41) is 59.9. The third-order valence-electron chi connectivity index (χ3n) is 9.58. The summed E-state index contributed by atoms with van der Waals surface area (Å²) < 4.78 is 33.4. The maximum atomic E-state index is 12.8. The molecule has 0 heterocycles. The van der Waals surface area contributed by atoms with E-state index in [0.29, 0.717) is 32.1 Å². The van der Waals surface area contributed by atoms with Gasteiger partial charge in [-0.3, -0.25) is 18.6 Å². The number of ether oxygens (including phenoxy) is 2. The molecule has 0 radical (unpaired) electrons. The van der Waals surface area contributed by atoms with E-state index < -0.39 is 81.8 Å². The third kappa shape index (κ3) is 31.0. The predicted molar refractivity (Wildman–Crippen MR) is 259 cm³/mol. The minimum Gasteiger partial charge on any atom is -0.462 e. The number of phosphoric ester groups is 1. The second-order valence-corrected chi connectivity index (χ2v) is 16.7. The van der Waals surface area contributed by atoms with Crippen LogP contribution in [0.25, 0.3) is 0 Å². The number of allylic oxidation sites excluding steroid dienone is 20. The number of hydrogen-bond acceptors (Lipinski definition) is 13. The highest BCUT2D eigenvalue weighted by Gasteiger charge is 2.51. The Balaban J connectivity index is 2.58. The van der Waals surface area contributed by atoms with Crippen LogP contribution in [0.1, 0.15) is 110 Å². The van der Waals surface area contributed by atoms with Gasteiger partial charge in [0.1, 0.15) is 43.2 Å². The first-order chi connectivity index (χ1) is 31.8. The number of phosphoric acid groups is 1. The average molecular weight is 945 g/mol. The van der Waals surface area contributed by atoms with Crippen molar-refractivity contribution in [3.05, 3.63) is 134 Å². The first kappa shape index (κ1) is 60.0. The summed E-state index contributed by atoms with van der Waals surface area (Å²) in [4.78, 5) is 35.7. The molecule has 1 aliphatic carbocycles. The van der Waals surface area contributed by atoms with Crippen molar-refractivity contribution in [3.8, 4) is 0 Å². The highest BCUT2D eigenvalue weighted by atomic mass is 31.2. The zero-order valence-electron chi connectivity index (χ0n) is 38.8. The Morgan fingerprint density at radius 1 is 0.545 bits per heavy atom. The van der Waals surface area contributed by atoms with E-state index in [0.717, 1.165) is 51.4 Å². The number of unbranched alkanes of at least 4 members (excludes halogenated alkanes) is 1. The molecule has 0 aliphatic heterocycles. The molecule has 1 rings (SSSR count). The van der Waals surface area contributed by atoms with Gasteiger partial charge in [0.15, 0.2) is 6.10 Å². The van der Waals surface area contributed by atoms with E-state index >= 15 is 0 Å². The van der Waals surface area contributed by atoms with Gasteiger partial charge < -0.3 is 45.0 Å². The lowest BCUT2D eigenvalue weighted by Crippen LogP contribution is -2.64. The summed E-state index contributed by atoms with van der Waals surface area (Å²) in [6.07, 6.45) is 40.0. The number of esters is 2. The molecule has 0 aromatic rings. The van der Waals surface area contributed by atoms with Crippen LogP contribution in [0.5, 0.6) is 0 Å². The van der Waals surface area contributed by atoms with Crippen molar-refractivity contribution in [2.75, 3.05) is 13.2 Å². The van der Waals surface area contributed by atoms with Gasteiger partial charge in [-0.2, -0.15) is 0 Å². The van der Waals surface area contributed by atoms with Crippen molar-refractivity contribution in [1.29, 1.82) is 0 Å². The maximum absolute atomic E-state index is 12.8. The lowest BCUT2D eigenvalue weighted by Gasteiger charge is -2.41. The van der Waals surface area contributed by atoms with Crippen LogP contribution in [0.3, 0.4) is 0 Å². The van der Waals surface area contributed by atoms with E-state index in [-0.39, 0.29) is 12.8 Å². The van der Waals surface area contributed by atoms with Gasteiger partial charge in [0.25, 0.3) is 0 Å². The van der Waals surface area contributed by atoms with Gasteiger partial charge in [-0.1, -0.05) is 148 Å². The molecule has 370 valence electrons. The standard InChI is InChI=1S/C51H77O14P/c1-3-5-7-8-9-10-11-12-13-14-15-16-17-18-23-26-29-32-35-39-45(54)64-43(41-63-66(60,61)65-51-49(58)47(56)46(55)48(57)50(51)59)40-62-44(53)38-34-31-28-25-22-20-19-21-24-27-30-33-37-42(52)36-6-4-2/h5-7,9-10,12-13,15-16,18-20,23-25,27-30,32-33,36,42-43,46-52,55-59H,3-4,8,11,14,17,21-22,26,31,34-35,37-41H2,1-2H3,(H,60,61)/b7-5-,10-9-,13-12-,16-15-,20-19-,23-18-,27-24-,28-25-,32-29-,33-30+,36-6-/t42?,43-,46?,47-,48+,49-,50-,51?/m1/s1. The van der Waals surface area contributed by atoms with E-state index in [1.165, 1.54) is 0 Å². The Labute approximate surface area is 392 Å². The van der Waals surface area contributed by atoms with Crippen LogP contribution in [0.4, 0.5) is 0 Å². The Kier molecular flexibility index (Phi) is 35.4. The summed E-state index contributed by atoms with van der Waals surface area (Å²) in [5.41, 5.74) is 0. The van der Waals surface area contributed by atoms with Gasteiger partial charge in [0, 0.05) is 12.8 Å². The topological polar surface area (TPSA) is 230 Å². The molecule has 0 spiro atoms. The van der Waals surface area contributed by atoms with Gasteiger partial charge in [0.2, 0.25) is 0 Å². The molecule has 1 saturated carbocycles. The molecular formula is C51H77O14P. The van der Waals surface area contributed by atoms with Crippen LogP contribution in [0.15, 0.2) is 134 Å². The molecule has 66 heavy (non-hydrogen) atoms. The molecule has 1 fully saturated rings. The highest BCUT2D eigenvalue weighted by molar-refractivity contribution is 7.47. The van der Waals surface area contributed by atoms with Crippen molar-refractivity contribution in [3.63, 3.8) is 0 Å². The van der Waals surface area contributed by atoms with Crippen molar-refractivity contribution in [1.82, 2.24) is 0 Å². The number of carbonyl (C=O) groups excluding carboxylic acids is 2. The molecule has 0 aromatic carbocycles. The third-order valence-corrected chi connectivity index (χ3v) is 10.6. The second-order valence-electron chi connectivity index (χ2n) is 15.3. The lowest BCUT2D eigenvalue weighted by molar-refractivity contribution is -0.220.